The van der Waals surface area contributed by atoms with Crippen molar-refractivity contribution in [2.45, 2.75) is 13.8 Å². The molecule has 1 nitrogen and oxygen atoms in total. The van der Waals surface area contributed by atoms with Gasteiger partial charge >= 0.3 is 0 Å². The summed E-state index contributed by atoms with van der Waals surface area (Å²) < 4.78 is 0. The van der Waals surface area contributed by atoms with Crippen LogP contribution in [0.5, 0.6) is 0 Å². The zero-order valence-electron chi connectivity index (χ0n) is 9.70. The van der Waals surface area contributed by atoms with Gasteiger partial charge in [-0.15, -0.1) is 0 Å². The summed E-state index contributed by atoms with van der Waals surface area (Å²) in [7, 11) is 0. The summed E-state index contributed by atoms with van der Waals surface area (Å²) in [6.07, 6.45) is 1.91. The normalized spacial score (nSPS) is 10.1. The van der Waals surface area contributed by atoms with Gasteiger partial charge < -0.3 is 0 Å². The third kappa shape index (κ3) is 2.19. The van der Waals surface area contributed by atoms with E-state index >= 15 is 0 Å². The van der Waals surface area contributed by atoms with Crippen LogP contribution in [0.15, 0.2) is 49.2 Å². The number of hydrogen-bond donors (Lipinski definition) is 0. The Kier molecular flexibility index (Phi) is 2.86. The average Bonchev–Trinajstić information content (AvgIpc) is 2.30. The van der Waals surface area contributed by atoms with Crippen LogP contribution in [0.3, 0.4) is 0 Å². The van der Waals surface area contributed by atoms with Crippen LogP contribution in [0.2, 0.25) is 0 Å². The number of rotatable bonds is 2. The van der Waals surface area contributed by atoms with Gasteiger partial charge in [0, 0.05) is 17.5 Å². The number of aromatic nitrogens is 1. The largest absolute Gasteiger partial charge is 0.261 e. The first kappa shape index (κ1) is 10.6. The second kappa shape index (κ2) is 4.31. The SMILES string of the molecule is C=C(C)c1ccc(-c2ccc(C)nc2)cc1. The second-order valence-electron chi connectivity index (χ2n) is 4.05. The van der Waals surface area contributed by atoms with Crippen molar-refractivity contribution < 1.29 is 0 Å². The van der Waals surface area contributed by atoms with Gasteiger partial charge in [0.15, 0.2) is 0 Å². The lowest BCUT2D eigenvalue weighted by Gasteiger charge is -2.04. The van der Waals surface area contributed by atoms with Crippen molar-refractivity contribution in [2.75, 3.05) is 0 Å². The molecular formula is C15H15N. The predicted octanol–water partition coefficient (Wildman–Crippen LogP) is 4.09. The maximum absolute atomic E-state index is 4.30. The minimum atomic E-state index is 1.04. The predicted molar refractivity (Wildman–Crippen MR) is 69.1 cm³/mol. The average molecular weight is 209 g/mol. The van der Waals surface area contributed by atoms with Gasteiger partial charge in [-0.3, -0.25) is 4.98 Å². The first-order chi connectivity index (χ1) is 7.66. The molecule has 1 aromatic heterocycles. The van der Waals surface area contributed by atoms with E-state index in [-0.39, 0.29) is 0 Å². The van der Waals surface area contributed by atoms with Crippen molar-refractivity contribution in [3.05, 3.63) is 60.4 Å². The van der Waals surface area contributed by atoms with Gasteiger partial charge in [-0.05, 0) is 31.0 Å². The van der Waals surface area contributed by atoms with E-state index in [2.05, 4.69) is 41.9 Å². The molecule has 0 aliphatic rings. The number of pyridine rings is 1. The molecule has 0 bridgehead atoms. The Morgan fingerprint density at radius 1 is 1.00 bits per heavy atom. The van der Waals surface area contributed by atoms with Crippen LogP contribution < -0.4 is 0 Å². The summed E-state index contributed by atoms with van der Waals surface area (Å²) in [5, 5.41) is 0. The molecule has 0 saturated heterocycles. The molecule has 0 saturated carbocycles. The Balaban J connectivity index is 2.34. The summed E-state index contributed by atoms with van der Waals surface area (Å²) in [5.41, 5.74) is 5.66. The summed E-state index contributed by atoms with van der Waals surface area (Å²) in [6, 6.07) is 12.5. The molecule has 0 spiro atoms. The lowest BCUT2D eigenvalue weighted by molar-refractivity contribution is 1.20. The van der Waals surface area contributed by atoms with Crippen LogP contribution in [0.1, 0.15) is 18.2 Å². The Labute approximate surface area is 96.5 Å². The Bertz CT molecular complexity index is 492. The molecule has 2 aromatic rings. The molecule has 0 aliphatic heterocycles. The maximum Gasteiger partial charge on any atom is 0.0373 e. The minimum Gasteiger partial charge on any atom is -0.261 e. The molecule has 1 aromatic carbocycles. The highest BCUT2D eigenvalue weighted by Gasteiger charge is 1.98. The molecule has 1 heterocycles. The molecule has 80 valence electrons. The van der Waals surface area contributed by atoms with Crippen molar-refractivity contribution in [2.24, 2.45) is 0 Å². The standard InChI is InChI=1S/C15H15N/c1-11(2)13-6-8-14(9-7-13)15-5-4-12(3)16-10-15/h4-10H,1H2,2-3H3. The number of allylic oxidation sites excluding steroid dienone is 1. The van der Waals surface area contributed by atoms with Crippen LogP contribution in [0.4, 0.5) is 0 Å². The highest BCUT2D eigenvalue weighted by atomic mass is 14.7. The topological polar surface area (TPSA) is 12.9 Å². The number of nitrogens with zero attached hydrogens (tertiary/aromatic N) is 1. The van der Waals surface area contributed by atoms with Crippen LogP contribution in [-0.2, 0) is 0 Å². The zero-order chi connectivity index (χ0) is 11.5. The van der Waals surface area contributed by atoms with Crippen molar-refractivity contribution in [3.63, 3.8) is 0 Å². The van der Waals surface area contributed by atoms with E-state index in [1.165, 1.54) is 11.1 Å². The molecule has 0 fully saturated rings. The maximum atomic E-state index is 4.30. The number of hydrogen-bond acceptors (Lipinski definition) is 1. The van der Waals surface area contributed by atoms with Crippen LogP contribution in [0, 0.1) is 6.92 Å². The highest BCUT2D eigenvalue weighted by molar-refractivity contribution is 5.68. The van der Waals surface area contributed by atoms with Gasteiger partial charge in [0.2, 0.25) is 0 Å². The highest BCUT2D eigenvalue weighted by Crippen LogP contribution is 2.21. The Morgan fingerprint density at radius 2 is 1.62 bits per heavy atom. The molecule has 1 heteroatoms. The Morgan fingerprint density at radius 3 is 2.12 bits per heavy atom. The van der Waals surface area contributed by atoms with Crippen LogP contribution in [0.25, 0.3) is 16.7 Å². The van der Waals surface area contributed by atoms with Gasteiger partial charge in [0.25, 0.3) is 0 Å². The fraction of sp³-hybridized carbons (Fsp3) is 0.133. The summed E-state index contributed by atoms with van der Waals surface area (Å²) in [5.74, 6) is 0. The van der Waals surface area contributed by atoms with Crippen molar-refractivity contribution in [3.8, 4) is 11.1 Å². The van der Waals surface area contributed by atoms with Gasteiger partial charge in [-0.2, -0.15) is 0 Å². The van der Waals surface area contributed by atoms with E-state index in [1.54, 1.807) is 0 Å². The van der Waals surface area contributed by atoms with Crippen molar-refractivity contribution in [1.29, 1.82) is 0 Å². The Hall–Kier alpha value is -1.89. The van der Waals surface area contributed by atoms with E-state index in [4.69, 9.17) is 0 Å². The van der Waals surface area contributed by atoms with Gasteiger partial charge in [0.1, 0.15) is 0 Å². The van der Waals surface area contributed by atoms with Crippen molar-refractivity contribution in [1.82, 2.24) is 4.98 Å². The van der Waals surface area contributed by atoms with E-state index in [0.29, 0.717) is 0 Å². The summed E-state index contributed by atoms with van der Waals surface area (Å²) >= 11 is 0. The van der Waals surface area contributed by atoms with E-state index < -0.39 is 0 Å². The van der Waals surface area contributed by atoms with Crippen LogP contribution in [-0.4, -0.2) is 4.98 Å². The molecule has 0 amide bonds. The quantitative estimate of drug-likeness (QED) is 0.726. The molecule has 0 N–H and O–H groups in total. The molecule has 0 radical (unpaired) electrons. The summed E-state index contributed by atoms with van der Waals surface area (Å²) in [6.45, 7) is 7.94. The third-order valence-electron chi connectivity index (χ3n) is 2.62. The molecule has 2 rings (SSSR count). The van der Waals surface area contributed by atoms with E-state index in [1.807, 2.05) is 26.1 Å². The van der Waals surface area contributed by atoms with Gasteiger partial charge in [-0.25, -0.2) is 0 Å². The molecular weight excluding hydrogens is 194 g/mol. The van der Waals surface area contributed by atoms with E-state index in [0.717, 1.165) is 16.8 Å². The van der Waals surface area contributed by atoms with Crippen LogP contribution >= 0.6 is 0 Å². The van der Waals surface area contributed by atoms with Gasteiger partial charge in [-0.1, -0.05) is 42.5 Å². The monoisotopic (exact) mass is 209 g/mol. The minimum absolute atomic E-state index is 1.04. The molecule has 0 atom stereocenters. The fourth-order valence-corrected chi connectivity index (χ4v) is 1.59. The molecule has 16 heavy (non-hydrogen) atoms. The number of benzene rings is 1. The molecule has 0 aliphatic carbocycles. The van der Waals surface area contributed by atoms with Gasteiger partial charge in [0.05, 0.1) is 0 Å². The second-order valence-corrected chi connectivity index (χ2v) is 4.05. The smallest absolute Gasteiger partial charge is 0.0373 e. The third-order valence-corrected chi connectivity index (χ3v) is 2.62. The lowest BCUT2D eigenvalue weighted by atomic mass is 10.0. The fourth-order valence-electron chi connectivity index (χ4n) is 1.59. The first-order valence-electron chi connectivity index (χ1n) is 5.36. The first-order valence-corrected chi connectivity index (χ1v) is 5.36. The molecule has 0 unspecified atom stereocenters. The van der Waals surface area contributed by atoms with Crippen molar-refractivity contribution >= 4 is 5.57 Å². The number of aryl methyl sites for hydroxylation is 1. The zero-order valence-corrected chi connectivity index (χ0v) is 9.70. The lowest BCUT2D eigenvalue weighted by Crippen LogP contribution is -1.83. The van der Waals surface area contributed by atoms with E-state index in [9.17, 15) is 0 Å². The summed E-state index contributed by atoms with van der Waals surface area (Å²) in [4.78, 5) is 4.30.